The Kier molecular flexibility index (Phi) is 5.35. The highest BCUT2D eigenvalue weighted by Gasteiger charge is 2.23. The fraction of sp³-hybridized carbons (Fsp3) is 0.231. The normalized spacial score (nSPS) is 16.0. The molecule has 0 saturated carbocycles. The summed E-state index contributed by atoms with van der Waals surface area (Å²) in [6, 6.07) is 21.4. The number of amides is 1. The van der Waals surface area contributed by atoms with Crippen LogP contribution in [0.15, 0.2) is 77.6 Å². The second-order valence-corrected chi connectivity index (χ2v) is 8.33. The van der Waals surface area contributed by atoms with E-state index in [0.717, 1.165) is 36.2 Å². The Morgan fingerprint density at radius 2 is 1.56 bits per heavy atom. The first-order valence-corrected chi connectivity index (χ1v) is 10.9. The molecule has 1 saturated heterocycles. The minimum atomic E-state index is -0.237. The van der Waals surface area contributed by atoms with Crippen molar-refractivity contribution >= 4 is 33.4 Å². The van der Waals surface area contributed by atoms with E-state index in [1.165, 1.54) is 12.1 Å². The Labute approximate surface area is 185 Å². The van der Waals surface area contributed by atoms with E-state index in [1.807, 2.05) is 41.0 Å². The number of pyridine rings is 1. The van der Waals surface area contributed by atoms with Crippen molar-refractivity contribution in [2.24, 2.45) is 5.92 Å². The molecule has 5 nitrogen and oxygen atoms in total. The van der Waals surface area contributed by atoms with Gasteiger partial charge in [0.05, 0.1) is 11.0 Å². The topological polar surface area (TPSA) is 54.3 Å². The molecule has 0 spiro atoms. The highest BCUT2D eigenvalue weighted by Crippen LogP contribution is 2.24. The van der Waals surface area contributed by atoms with Crippen LogP contribution in [-0.4, -0.2) is 30.1 Å². The molecule has 5 rings (SSSR count). The average molecular weight is 429 g/mol. The number of halogens is 1. The second kappa shape index (κ2) is 8.46. The number of carbonyl (C=O) groups excluding carboxylic acids is 1. The van der Waals surface area contributed by atoms with Gasteiger partial charge in [0.25, 0.3) is 0 Å². The molecule has 2 heterocycles. The van der Waals surface area contributed by atoms with Gasteiger partial charge in [0.15, 0.2) is 5.43 Å². The minimum absolute atomic E-state index is 0.0142. The van der Waals surface area contributed by atoms with Crippen LogP contribution < -0.4 is 15.6 Å². The van der Waals surface area contributed by atoms with Crippen molar-refractivity contribution in [2.75, 3.05) is 24.5 Å². The first-order chi connectivity index (χ1) is 15.6. The molecule has 1 amide bonds. The molecule has 1 aromatic heterocycles. The number of aromatic nitrogens is 1. The molecule has 1 N–H and O–H groups in total. The fourth-order valence-corrected chi connectivity index (χ4v) is 4.59. The largest absolute Gasteiger partial charge is 0.371 e. The molecular weight excluding hydrogens is 405 g/mol. The lowest BCUT2D eigenvalue weighted by molar-refractivity contribution is -0.121. The number of nitrogens with zero attached hydrogens (tertiary/aromatic N) is 2. The SMILES string of the molecule is O=C(Cn1c2ccccc2c(=O)c2ccccc21)NCC1CCN(c2ccc(F)cc2)C1. The van der Waals surface area contributed by atoms with Crippen molar-refractivity contribution in [1.82, 2.24) is 9.88 Å². The van der Waals surface area contributed by atoms with E-state index in [2.05, 4.69) is 10.2 Å². The Morgan fingerprint density at radius 1 is 0.938 bits per heavy atom. The van der Waals surface area contributed by atoms with Gasteiger partial charge in [-0.3, -0.25) is 9.59 Å². The number of fused-ring (bicyclic) bond motifs is 2. The van der Waals surface area contributed by atoms with Gasteiger partial charge in [0.1, 0.15) is 12.4 Å². The summed E-state index contributed by atoms with van der Waals surface area (Å²) >= 11 is 0. The number of hydrogen-bond donors (Lipinski definition) is 1. The van der Waals surface area contributed by atoms with Crippen molar-refractivity contribution in [3.63, 3.8) is 0 Å². The third-order valence-corrected chi connectivity index (χ3v) is 6.25. The van der Waals surface area contributed by atoms with E-state index < -0.39 is 0 Å². The number of benzene rings is 3. The lowest BCUT2D eigenvalue weighted by Crippen LogP contribution is -2.33. The predicted octanol–water partition coefficient (Wildman–Crippen LogP) is 3.94. The first-order valence-electron chi connectivity index (χ1n) is 10.9. The monoisotopic (exact) mass is 429 g/mol. The summed E-state index contributed by atoms with van der Waals surface area (Å²) in [5.41, 5.74) is 2.51. The van der Waals surface area contributed by atoms with Crippen molar-refractivity contribution in [3.05, 3.63) is 88.8 Å². The van der Waals surface area contributed by atoms with Crippen LogP contribution in [0.25, 0.3) is 21.8 Å². The summed E-state index contributed by atoms with van der Waals surface area (Å²) < 4.78 is 15.1. The molecule has 1 atom stereocenters. The van der Waals surface area contributed by atoms with E-state index in [9.17, 15) is 14.0 Å². The van der Waals surface area contributed by atoms with Gasteiger partial charge in [-0.1, -0.05) is 24.3 Å². The van der Waals surface area contributed by atoms with Crippen molar-refractivity contribution in [1.29, 1.82) is 0 Å². The van der Waals surface area contributed by atoms with E-state index in [0.29, 0.717) is 23.2 Å². The van der Waals surface area contributed by atoms with Crippen LogP contribution in [0.5, 0.6) is 0 Å². The molecule has 32 heavy (non-hydrogen) atoms. The van der Waals surface area contributed by atoms with Gasteiger partial charge in [-0.2, -0.15) is 0 Å². The standard InChI is InChI=1S/C26H24FN3O2/c27-19-9-11-20(12-10-19)29-14-13-18(16-29)15-28-25(31)17-30-23-7-3-1-5-21(23)26(32)22-6-2-4-8-24(22)30/h1-12,18H,13-17H2,(H,28,31). The summed E-state index contributed by atoms with van der Waals surface area (Å²) in [7, 11) is 0. The zero-order valence-corrected chi connectivity index (χ0v) is 17.6. The number of carbonyl (C=O) groups is 1. The molecule has 1 aliphatic heterocycles. The molecule has 6 heteroatoms. The van der Waals surface area contributed by atoms with Gasteiger partial charge < -0.3 is 14.8 Å². The van der Waals surface area contributed by atoms with Crippen LogP contribution in [0.3, 0.4) is 0 Å². The number of nitrogens with one attached hydrogen (secondary N) is 1. The summed E-state index contributed by atoms with van der Waals surface area (Å²) in [5, 5.41) is 4.30. The highest BCUT2D eigenvalue weighted by atomic mass is 19.1. The summed E-state index contributed by atoms with van der Waals surface area (Å²) in [5.74, 6) is 0.0232. The smallest absolute Gasteiger partial charge is 0.239 e. The number of anilines is 1. The lowest BCUT2D eigenvalue weighted by Gasteiger charge is -2.19. The average Bonchev–Trinajstić information content (AvgIpc) is 3.30. The Morgan fingerprint density at radius 3 is 2.22 bits per heavy atom. The Hall–Kier alpha value is -3.67. The molecule has 0 bridgehead atoms. The van der Waals surface area contributed by atoms with Gasteiger partial charge >= 0.3 is 0 Å². The van der Waals surface area contributed by atoms with Crippen molar-refractivity contribution < 1.29 is 9.18 Å². The van der Waals surface area contributed by atoms with E-state index in [-0.39, 0.29) is 23.7 Å². The predicted molar refractivity (Wildman–Crippen MR) is 125 cm³/mol. The number of rotatable bonds is 5. The maximum Gasteiger partial charge on any atom is 0.239 e. The third kappa shape index (κ3) is 3.84. The Bertz CT molecular complexity index is 1290. The quantitative estimate of drug-likeness (QED) is 0.489. The van der Waals surface area contributed by atoms with E-state index in [4.69, 9.17) is 0 Å². The molecular formula is C26H24FN3O2. The zero-order chi connectivity index (χ0) is 22.1. The second-order valence-electron chi connectivity index (χ2n) is 8.33. The molecule has 1 fully saturated rings. The number of para-hydroxylation sites is 2. The van der Waals surface area contributed by atoms with Crippen LogP contribution in [0.2, 0.25) is 0 Å². The highest BCUT2D eigenvalue weighted by molar-refractivity contribution is 5.94. The van der Waals surface area contributed by atoms with Gasteiger partial charge in [0, 0.05) is 36.1 Å². The third-order valence-electron chi connectivity index (χ3n) is 6.25. The summed E-state index contributed by atoms with van der Waals surface area (Å²) in [6.45, 7) is 2.46. The van der Waals surface area contributed by atoms with Crippen LogP contribution in [-0.2, 0) is 11.3 Å². The van der Waals surface area contributed by atoms with Gasteiger partial charge in [-0.15, -0.1) is 0 Å². The maximum absolute atomic E-state index is 13.2. The van der Waals surface area contributed by atoms with Crippen LogP contribution in [0.1, 0.15) is 6.42 Å². The molecule has 4 aromatic rings. The molecule has 0 aliphatic carbocycles. The molecule has 1 aliphatic rings. The molecule has 1 unspecified atom stereocenters. The van der Waals surface area contributed by atoms with Gasteiger partial charge in [0.2, 0.25) is 5.91 Å². The zero-order valence-electron chi connectivity index (χ0n) is 17.6. The van der Waals surface area contributed by atoms with Crippen LogP contribution in [0, 0.1) is 11.7 Å². The molecule has 162 valence electrons. The summed E-state index contributed by atoms with van der Waals surface area (Å²) in [6.07, 6.45) is 0.974. The van der Waals surface area contributed by atoms with E-state index >= 15 is 0 Å². The lowest BCUT2D eigenvalue weighted by atomic mass is 10.1. The molecule has 3 aromatic carbocycles. The van der Waals surface area contributed by atoms with Gasteiger partial charge in [-0.05, 0) is 60.9 Å². The van der Waals surface area contributed by atoms with Crippen LogP contribution in [0.4, 0.5) is 10.1 Å². The van der Waals surface area contributed by atoms with Gasteiger partial charge in [-0.25, -0.2) is 4.39 Å². The number of hydrogen-bond acceptors (Lipinski definition) is 3. The fourth-order valence-electron chi connectivity index (χ4n) is 4.59. The van der Waals surface area contributed by atoms with Crippen molar-refractivity contribution in [3.8, 4) is 0 Å². The maximum atomic E-state index is 13.2. The molecule has 0 radical (unpaired) electrons. The van der Waals surface area contributed by atoms with E-state index in [1.54, 1.807) is 24.3 Å². The first kappa shape index (κ1) is 20.2. The minimum Gasteiger partial charge on any atom is -0.371 e. The van der Waals surface area contributed by atoms with Crippen LogP contribution >= 0.6 is 0 Å². The Balaban J connectivity index is 1.30. The summed E-state index contributed by atoms with van der Waals surface area (Å²) in [4.78, 5) is 27.9. The van der Waals surface area contributed by atoms with Crippen molar-refractivity contribution in [2.45, 2.75) is 13.0 Å².